The van der Waals surface area contributed by atoms with Gasteiger partial charge >= 0.3 is 0 Å². The first kappa shape index (κ1) is 11.5. The van der Waals surface area contributed by atoms with E-state index in [9.17, 15) is 0 Å². The lowest BCUT2D eigenvalue weighted by molar-refractivity contribution is 1.22. The molecule has 0 aliphatic rings. The van der Waals surface area contributed by atoms with Gasteiger partial charge in [-0.2, -0.15) is 4.98 Å². The number of rotatable bonds is 2. The lowest BCUT2D eigenvalue weighted by Gasteiger charge is -2.07. The molecule has 94 valence electrons. The summed E-state index contributed by atoms with van der Waals surface area (Å²) in [5.74, 6) is 1.00. The maximum atomic E-state index is 5.94. The van der Waals surface area contributed by atoms with Gasteiger partial charge in [-0.1, -0.05) is 29.8 Å². The first-order valence-corrected chi connectivity index (χ1v) is 6.08. The molecule has 19 heavy (non-hydrogen) atoms. The number of hydrogen-bond donors (Lipinski definition) is 2. The molecule has 4 heteroatoms. The molecule has 0 unspecified atom stereocenters. The summed E-state index contributed by atoms with van der Waals surface area (Å²) >= 11 is 0. The normalized spacial score (nSPS) is 10.6. The van der Waals surface area contributed by atoms with Crippen LogP contribution >= 0.6 is 0 Å². The Morgan fingerprint density at radius 2 is 1.68 bits per heavy atom. The number of nitrogen functional groups attached to an aromatic ring is 1. The molecule has 2 aromatic carbocycles. The molecule has 0 saturated heterocycles. The van der Waals surface area contributed by atoms with Gasteiger partial charge in [0.05, 0.1) is 5.52 Å². The summed E-state index contributed by atoms with van der Waals surface area (Å²) in [5, 5.41) is 4.03. The van der Waals surface area contributed by atoms with Crippen LogP contribution in [0, 0.1) is 6.92 Å². The third-order valence-corrected chi connectivity index (χ3v) is 2.94. The smallest absolute Gasteiger partial charge is 0.229 e. The van der Waals surface area contributed by atoms with Crippen molar-refractivity contribution in [3.8, 4) is 0 Å². The van der Waals surface area contributed by atoms with Crippen molar-refractivity contribution in [1.82, 2.24) is 9.97 Å². The Morgan fingerprint density at radius 1 is 0.947 bits per heavy atom. The van der Waals surface area contributed by atoms with Gasteiger partial charge in [-0.25, -0.2) is 4.98 Å². The first-order chi connectivity index (χ1) is 9.22. The SMILES string of the molecule is Cc1ccc(Nc2nc(N)c3ccccc3n2)cc1. The number of nitrogens with zero attached hydrogens (tertiary/aromatic N) is 2. The number of para-hydroxylation sites is 1. The summed E-state index contributed by atoms with van der Waals surface area (Å²) in [4.78, 5) is 8.73. The first-order valence-electron chi connectivity index (χ1n) is 6.08. The van der Waals surface area contributed by atoms with E-state index in [1.54, 1.807) is 0 Å². The Labute approximate surface area is 111 Å². The van der Waals surface area contributed by atoms with Crippen molar-refractivity contribution in [2.45, 2.75) is 6.92 Å². The van der Waals surface area contributed by atoms with E-state index >= 15 is 0 Å². The summed E-state index contributed by atoms with van der Waals surface area (Å²) in [7, 11) is 0. The molecule has 0 aliphatic heterocycles. The number of nitrogens with one attached hydrogen (secondary N) is 1. The zero-order valence-corrected chi connectivity index (χ0v) is 10.6. The lowest BCUT2D eigenvalue weighted by Crippen LogP contribution is -2.01. The van der Waals surface area contributed by atoms with Gasteiger partial charge in [0.15, 0.2) is 0 Å². The number of aromatic nitrogens is 2. The van der Waals surface area contributed by atoms with Crippen LogP contribution in [0.4, 0.5) is 17.5 Å². The predicted octanol–water partition coefficient (Wildman–Crippen LogP) is 3.26. The number of benzene rings is 2. The van der Waals surface area contributed by atoms with Gasteiger partial charge in [-0.05, 0) is 31.2 Å². The Hall–Kier alpha value is -2.62. The number of aryl methyl sites for hydroxylation is 1. The average molecular weight is 250 g/mol. The van der Waals surface area contributed by atoms with Crippen LogP contribution < -0.4 is 11.1 Å². The van der Waals surface area contributed by atoms with Crippen molar-refractivity contribution in [2.24, 2.45) is 0 Å². The van der Waals surface area contributed by atoms with E-state index < -0.39 is 0 Å². The van der Waals surface area contributed by atoms with Gasteiger partial charge in [0.25, 0.3) is 0 Å². The minimum Gasteiger partial charge on any atom is -0.383 e. The topological polar surface area (TPSA) is 63.8 Å². The van der Waals surface area contributed by atoms with E-state index in [2.05, 4.69) is 15.3 Å². The van der Waals surface area contributed by atoms with E-state index in [0.29, 0.717) is 11.8 Å². The molecule has 3 rings (SSSR count). The summed E-state index contributed by atoms with van der Waals surface area (Å²) in [6, 6.07) is 15.8. The number of hydrogen-bond acceptors (Lipinski definition) is 4. The number of anilines is 3. The minimum atomic E-state index is 0.486. The Kier molecular flexibility index (Phi) is 2.76. The second-order valence-corrected chi connectivity index (χ2v) is 4.44. The van der Waals surface area contributed by atoms with Crippen LogP contribution in [-0.2, 0) is 0 Å². The highest BCUT2D eigenvalue weighted by Crippen LogP contribution is 2.21. The summed E-state index contributed by atoms with van der Waals surface area (Å²) in [6.45, 7) is 2.05. The standard InChI is InChI=1S/C15H14N4/c1-10-6-8-11(9-7-10)17-15-18-13-5-3-2-4-12(13)14(16)19-15/h2-9H,1H3,(H3,16,17,18,19). The molecule has 0 radical (unpaired) electrons. The number of fused-ring (bicyclic) bond motifs is 1. The van der Waals surface area contributed by atoms with E-state index in [1.807, 2.05) is 55.5 Å². The number of nitrogens with two attached hydrogens (primary N) is 1. The van der Waals surface area contributed by atoms with Crippen molar-refractivity contribution in [1.29, 1.82) is 0 Å². The van der Waals surface area contributed by atoms with E-state index in [0.717, 1.165) is 16.6 Å². The highest BCUT2D eigenvalue weighted by molar-refractivity contribution is 5.89. The van der Waals surface area contributed by atoms with Crippen LogP contribution in [-0.4, -0.2) is 9.97 Å². The fourth-order valence-corrected chi connectivity index (χ4v) is 1.92. The monoisotopic (exact) mass is 250 g/mol. The highest BCUT2D eigenvalue weighted by Gasteiger charge is 2.04. The summed E-state index contributed by atoms with van der Waals surface area (Å²) in [6.07, 6.45) is 0. The zero-order chi connectivity index (χ0) is 13.2. The predicted molar refractivity (Wildman–Crippen MR) is 78.4 cm³/mol. The molecule has 3 N–H and O–H groups in total. The molecule has 0 spiro atoms. The summed E-state index contributed by atoms with van der Waals surface area (Å²) in [5.41, 5.74) is 8.94. The molecule has 1 heterocycles. The third-order valence-electron chi connectivity index (χ3n) is 2.94. The molecular formula is C15H14N4. The van der Waals surface area contributed by atoms with Crippen LogP contribution in [0.3, 0.4) is 0 Å². The van der Waals surface area contributed by atoms with E-state index in [4.69, 9.17) is 5.73 Å². The fraction of sp³-hybridized carbons (Fsp3) is 0.0667. The maximum Gasteiger partial charge on any atom is 0.229 e. The van der Waals surface area contributed by atoms with Crippen molar-refractivity contribution >= 4 is 28.4 Å². The quantitative estimate of drug-likeness (QED) is 0.732. The molecule has 4 nitrogen and oxygen atoms in total. The van der Waals surface area contributed by atoms with Gasteiger partial charge in [0.2, 0.25) is 5.95 Å². The third kappa shape index (κ3) is 2.33. The zero-order valence-electron chi connectivity index (χ0n) is 10.6. The average Bonchev–Trinajstić information content (AvgIpc) is 2.42. The second kappa shape index (κ2) is 4.57. The van der Waals surface area contributed by atoms with Gasteiger partial charge in [-0.3, -0.25) is 0 Å². The highest BCUT2D eigenvalue weighted by atomic mass is 15.1. The Bertz CT molecular complexity index is 720. The molecule has 0 aliphatic carbocycles. The molecule has 0 saturated carbocycles. The van der Waals surface area contributed by atoms with E-state index in [1.165, 1.54) is 5.56 Å². The van der Waals surface area contributed by atoms with Crippen molar-refractivity contribution in [3.63, 3.8) is 0 Å². The van der Waals surface area contributed by atoms with Crippen LogP contribution in [0.5, 0.6) is 0 Å². The molecule has 0 atom stereocenters. The lowest BCUT2D eigenvalue weighted by atomic mass is 10.2. The summed E-state index contributed by atoms with van der Waals surface area (Å²) < 4.78 is 0. The largest absolute Gasteiger partial charge is 0.383 e. The molecule has 0 amide bonds. The Morgan fingerprint density at radius 3 is 2.47 bits per heavy atom. The second-order valence-electron chi connectivity index (χ2n) is 4.44. The molecule has 1 aromatic heterocycles. The molecule has 3 aromatic rings. The van der Waals surface area contributed by atoms with Gasteiger partial charge in [0.1, 0.15) is 5.82 Å². The van der Waals surface area contributed by atoms with Crippen molar-refractivity contribution in [2.75, 3.05) is 11.1 Å². The van der Waals surface area contributed by atoms with Crippen LogP contribution in [0.2, 0.25) is 0 Å². The van der Waals surface area contributed by atoms with Crippen LogP contribution in [0.25, 0.3) is 10.9 Å². The van der Waals surface area contributed by atoms with Gasteiger partial charge < -0.3 is 11.1 Å². The van der Waals surface area contributed by atoms with Gasteiger partial charge in [-0.15, -0.1) is 0 Å². The molecular weight excluding hydrogens is 236 g/mol. The fourth-order valence-electron chi connectivity index (χ4n) is 1.92. The van der Waals surface area contributed by atoms with Crippen molar-refractivity contribution < 1.29 is 0 Å². The minimum absolute atomic E-state index is 0.486. The Balaban J connectivity index is 1.99. The maximum absolute atomic E-state index is 5.94. The van der Waals surface area contributed by atoms with E-state index in [-0.39, 0.29) is 0 Å². The van der Waals surface area contributed by atoms with Crippen LogP contribution in [0.1, 0.15) is 5.56 Å². The molecule has 0 bridgehead atoms. The molecule has 0 fully saturated rings. The van der Waals surface area contributed by atoms with Crippen LogP contribution in [0.15, 0.2) is 48.5 Å². The van der Waals surface area contributed by atoms with Crippen molar-refractivity contribution in [3.05, 3.63) is 54.1 Å². The van der Waals surface area contributed by atoms with Gasteiger partial charge in [0, 0.05) is 11.1 Å².